The van der Waals surface area contributed by atoms with Crippen molar-refractivity contribution in [3.63, 3.8) is 0 Å². The highest BCUT2D eigenvalue weighted by atomic mass is 32.2. The van der Waals surface area contributed by atoms with Crippen molar-refractivity contribution in [3.8, 4) is 0 Å². The zero-order valence-electron chi connectivity index (χ0n) is 13.7. The SMILES string of the molecule is CCCC(C)(CNC1CC1)CN(C)C(CC)CSC. The van der Waals surface area contributed by atoms with Crippen LogP contribution in [0, 0.1) is 5.41 Å². The molecule has 1 N–H and O–H groups in total. The average Bonchev–Trinajstić information content (AvgIpc) is 3.17. The molecule has 1 rings (SSSR count). The van der Waals surface area contributed by atoms with Gasteiger partial charge in [0, 0.05) is 30.9 Å². The summed E-state index contributed by atoms with van der Waals surface area (Å²) in [6, 6.07) is 1.56. The van der Waals surface area contributed by atoms with Gasteiger partial charge in [0.05, 0.1) is 0 Å². The van der Waals surface area contributed by atoms with E-state index in [1.165, 1.54) is 50.9 Å². The summed E-state index contributed by atoms with van der Waals surface area (Å²) in [6.07, 6.45) is 8.87. The summed E-state index contributed by atoms with van der Waals surface area (Å²) in [5.41, 5.74) is 0.428. The molecule has 0 amide bonds. The van der Waals surface area contributed by atoms with E-state index in [1.54, 1.807) is 0 Å². The lowest BCUT2D eigenvalue weighted by molar-refractivity contribution is 0.141. The first kappa shape index (κ1) is 17.3. The van der Waals surface area contributed by atoms with Crippen LogP contribution in [0.2, 0.25) is 0 Å². The monoisotopic (exact) mass is 286 g/mol. The molecule has 1 aliphatic carbocycles. The lowest BCUT2D eigenvalue weighted by Crippen LogP contribution is -2.45. The molecule has 1 fully saturated rings. The minimum Gasteiger partial charge on any atom is -0.313 e. The van der Waals surface area contributed by atoms with Gasteiger partial charge in [0.15, 0.2) is 0 Å². The van der Waals surface area contributed by atoms with Crippen LogP contribution >= 0.6 is 11.8 Å². The summed E-state index contributed by atoms with van der Waals surface area (Å²) >= 11 is 1.97. The zero-order chi connectivity index (χ0) is 14.3. The first-order chi connectivity index (χ1) is 9.04. The Morgan fingerprint density at radius 1 is 1.37 bits per heavy atom. The number of hydrogen-bond donors (Lipinski definition) is 1. The number of nitrogens with zero attached hydrogens (tertiary/aromatic N) is 1. The van der Waals surface area contributed by atoms with E-state index in [0.29, 0.717) is 5.41 Å². The van der Waals surface area contributed by atoms with Crippen molar-refractivity contribution in [1.29, 1.82) is 0 Å². The fraction of sp³-hybridized carbons (Fsp3) is 1.00. The quantitative estimate of drug-likeness (QED) is 0.624. The Kier molecular flexibility index (Phi) is 7.78. The minimum absolute atomic E-state index is 0.428. The molecule has 0 aromatic heterocycles. The summed E-state index contributed by atoms with van der Waals surface area (Å²) in [4.78, 5) is 2.60. The molecule has 3 heteroatoms. The van der Waals surface area contributed by atoms with Crippen LogP contribution in [-0.2, 0) is 0 Å². The van der Waals surface area contributed by atoms with Crippen LogP contribution in [0.25, 0.3) is 0 Å². The summed E-state index contributed by atoms with van der Waals surface area (Å²) in [6.45, 7) is 9.50. The smallest absolute Gasteiger partial charge is 0.0180 e. The van der Waals surface area contributed by atoms with E-state index in [-0.39, 0.29) is 0 Å². The summed E-state index contributed by atoms with van der Waals surface area (Å²) in [5.74, 6) is 1.26. The third-order valence-electron chi connectivity index (χ3n) is 4.33. The van der Waals surface area contributed by atoms with Crippen LogP contribution in [-0.4, -0.2) is 49.1 Å². The van der Waals surface area contributed by atoms with Crippen LogP contribution in [0.4, 0.5) is 0 Å². The Balaban J connectivity index is 2.48. The van der Waals surface area contributed by atoms with Gasteiger partial charge in [-0.3, -0.25) is 0 Å². The van der Waals surface area contributed by atoms with Crippen LogP contribution < -0.4 is 5.32 Å². The molecule has 0 aromatic carbocycles. The van der Waals surface area contributed by atoms with Gasteiger partial charge in [-0.25, -0.2) is 0 Å². The minimum atomic E-state index is 0.428. The molecule has 0 aromatic rings. The highest BCUT2D eigenvalue weighted by Crippen LogP contribution is 2.27. The van der Waals surface area contributed by atoms with E-state index < -0.39 is 0 Å². The molecule has 0 saturated heterocycles. The van der Waals surface area contributed by atoms with Gasteiger partial charge in [0.2, 0.25) is 0 Å². The number of rotatable bonds is 11. The Bertz CT molecular complexity index is 243. The maximum Gasteiger partial charge on any atom is 0.0180 e. The molecule has 114 valence electrons. The maximum atomic E-state index is 3.74. The molecule has 0 spiro atoms. The first-order valence-corrected chi connectivity index (χ1v) is 9.36. The van der Waals surface area contributed by atoms with Crippen molar-refractivity contribution < 1.29 is 0 Å². The van der Waals surface area contributed by atoms with Crippen LogP contribution in [0.15, 0.2) is 0 Å². The number of hydrogen-bond acceptors (Lipinski definition) is 3. The molecular weight excluding hydrogens is 252 g/mol. The Hall–Kier alpha value is 0.270. The third kappa shape index (κ3) is 6.50. The molecule has 2 unspecified atom stereocenters. The molecule has 0 heterocycles. The molecule has 2 nitrogen and oxygen atoms in total. The average molecular weight is 287 g/mol. The molecule has 0 bridgehead atoms. The largest absolute Gasteiger partial charge is 0.313 e. The summed E-state index contributed by atoms with van der Waals surface area (Å²) in [5, 5.41) is 3.74. The van der Waals surface area contributed by atoms with E-state index in [0.717, 1.165) is 12.1 Å². The van der Waals surface area contributed by atoms with Crippen molar-refractivity contribution in [2.24, 2.45) is 5.41 Å². The molecule has 1 saturated carbocycles. The van der Waals surface area contributed by atoms with Crippen LogP contribution in [0.1, 0.15) is 52.9 Å². The second-order valence-electron chi connectivity index (χ2n) is 6.65. The lowest BCUT2D eigenvalue weighted by Gasteiger charge is -2.37. The van der Waals surface area contributed by atoms with Gasteiger partial charge in [-0.2, -0.15) is 11.8 Å². The van der Waals surface area contributed by atoms with Crippen molar-refractivity contribution >= 4 is 11.8 Å². The highest BCUT2D eigenvalue weighted by molar-refractivity contribution is 7.98. The maximum absolute atomic E-state index is 3.74. The van der Waals surface area contributed by atoms with Gasteiger partial charge in [0.25, 0.3) is 0 Å². The molecule has 19 heavy (non-hydrogen) atoms. The zero-order valence-corrected chi connectivity index (χ0v) is 14.5. The Morgan fingerprint density at radius 2 is 2.05 bits per heavy atom. The van der Waals surface area contributed by atoms with Gasteiger partial charge >= 0.3 is 0 Å². The lowest BCUT2D eigenvalue weighted by atomic mass is 9.84. The van der Waals surface area contributed by atoms with Gasteiger partial charge in [-0.15, -0.1) is 0 Å². The topological polar surface area (TPSA) is 15.3 Å². The molecule has 1 aliphatic rings. The molecule has 0 aliphatic heterocycles. The normalized spacial score (nSPS) is 20.5. The predicted octanol–water partition coefficient (Wildman–Crippen LogP) is 3.62. The van der Waals surface area contributed by atoms with E-state index >= 15 is 0 Å². The third-order valence-corrected chi connectivity index (χ3v) is 5.05. The summed E-state index contributed by atoms with van der Waals surface area (Å²) < 4.78 is 0. The van der Waals surface area contributed by atoms with Crippen molar-refractivity contribution in [2.75, 3.05) is 32.1 Å². The standard InChI is InChI=1S/C16H34N2S/c1-6-10-16(3,12-17-14-8-9-14)13-18(4)15(7-2)11-19-5/h14-15,17H,6-13H2,1-5H3. The van der Waals surface area contributed by atoms with E-state index in [1.807, 2.05) is 11.8 Å². The van der Waals surface area contributed by atoms with E-state index in [9.17, 15) is 0 Å². The molecular formula is C16H34N2S. The molecule has 0 radical (unpaired) electrons. The van der Waals surface area contributed by atoms with Crippen LogP contribution in [0.5, 0.6) is 0 Å². The predicted molar refractivity (Wildman–Crippen MR) is 89.1 cm³/mol. The molecule has 2 atom stereocenters. The van der Waals surface area contributed by atoms with Crippen molar-refractivity contribution in [2.45, 2.75) is 65.0 Å². The Morgan fingerprint density at radius 3 is 2.53 bits per heavy atom. The van der Waals surface area contributed by atoms with Gasteiger partial charge in [-0.1, -0.05) is 27.2 Å². The fourth-order valence-electron chi connectivity index (χ4n) is 2.99. The van der Waals surface area contributed by atoms with Gasteiger partial charge in [-0.05, 0) is 44.4 Å². The number of thioether (sulfide) groups is 1. The highest BCUT2D eigenvalue weighted by Gasteiger charge is 2.30. The second-order valence-corrected chi connectivity index (χ2v) is 7.56. The fourth-order valence-corrected chi connectivity index (χ4v) is 3.86. The van der Waals surface area contributed by atoms with Crippen molar-refractivity contribution in [3.05, 3.63) is 0 Å². The van der Waals surface area contributed by atoms with E-state index in [2.05, 4.69) is 44.3 Å². The van der Waals surface area contributed by atoms with Crippen molar-refractivity contribution in [1.82, 2.24) is 10.2 Å². The Labute approximate surface area is 125 Å². The first-order valence-electron chi connectivity index (χ1n) is 7.97. The summed E-state index contributed by atoms with van der Waals surface area (Å²) in [7, 11) is 2.31. The van der Waals surface area contributed by atoms with Gasteiger partial charge < -0.3 is 10.2 Å². The van der Waals surface area contributed by atoms with Gasteiger partial charge in [0.1, 0.15) is 0 Å². The number of nitrogens with one attached hydrogen (secondary N) is 1. The van der Waals surface area contributed by atoms with E-state index in [4.69, 9.17) is 0 Å². The second kappa shape index (κ2) is 8.53. The van der Waals surface area contributed by atoms with Crippen LogP contribution in [0.3, 0.4) is 0 Å².